The molecule has 0 spiro atoms. The van der Waals surface area contributed by atoms with E-state index in [4.69, 9.17) is 10.5 Å². The van der Waals surface area contributed by atoms with Gasteiger partial charge in [0.2, 0.25) is 0 Å². The van der Waals surface area contributed by atoms with Crippen LogP contribution in [0.4, 0.5) is 0 Å². The summed E-state index contributed by atoms with van der Waals surface area (Å²) >= 11 is 0. The molecule has 18 heavy (non-hydrogen) atoms. The number of Topliss-reactive ketones (excluding diaryl/α,β-unsaturated/α-hetero) is 1. The number of nitrogens with two attached hydrogens (primary N) is 1. The number of carbonyl (C=O) groups is 1. The molecule has 3 nitrogen and oxygen atoms in total. The predicted molar refractivity (Wildman–Crippen MR) is 76.6 cm³/mol. The van der Waals surface area contributed by atoms with Gasteiger partial charge in [-0.2, -0.15) is 0 Å². The van der Waals surface area contributed by atoms with Crippen molar-refractivity contribution in [1.29, 1.82) is 0 Å². The van der Waals surface area contributed by atoms with Crippen LogP contribution < -0.4 is 10.5 Å². The van der Waals surface area contributed by atoms with Crippen molar-refractivity contribution < 1.29 is 9.53 Å². The van der Waals surface area contributed by atoms with Gasteiger partial charge < -0.3 is 10.5 Å². The summed E-state index contributed by atoms with van der Waals surface area (Å²) in [5.41, 5.74) is 7.31. The fraction of sp³-hybridized carbons (Fsp3) is 0.357. The average Bonchev–Trinajstić information content (AvgIpc) is 2.25. The number of ketones is 1. The van der Waals surface area contributed by atoms with Crippen molar-refractivity contribution in [1.82, 2.24) is 0 Å². The second-order valence-corrected chi connectivity index (χ2v) is 4.72. The Labute approximate surface area is 114 Å². The number of carbonyl (C=O) groups excluding carboxylic acids is 1. The van der Waals surface area contributed by atoms with Gasteiger partial charge in [-0.05, 0) is 32.4 Å². The van der Waals surface area contributed by atoms with Crippen molar-refractivity contribution in [2.75, 3.05) is 7.11 Å². The molecule has 0 saturated carbocycles. The zero-order valence-electron chi connectivity index (χ0n) is 11.2. The molecule has 0 fully saturated rings. The molecule has 100 valence electrons. The maximum Gasteiger partial charge on any atom is 0.191 e. The molecule has 0 aromatic heterocycles. The Hall–Kier alpha value is -1.32. The van der Waals surface area contributed by atoms with E-state index in [0.29, 0.717) is 16.9 Å². The number of hydrogen-bond donors (Lipinski definition) is 1. The zero-order chi connectivity index (χ0) is 13.2. The lowest BCUT2D eigenvalue weighted by Crippen LogP contribution is -2.29. The summed E-state index contributed by atoms with van der Waals surface area (Å²) in [4.78, 5) is 12.0. The molecular formula is C14H20ClNO2. The highest BCUT2D eigenvalue weighted by atomic mass is 35.5. The van der Waals surface area contributed by atoms with Crippen molar-refractivity contribution in [2.24, 2.45) is 5.73 Å². The molecule has 0 aliphatic heterocycles. The third-order valence-corrected chi connectivity index (χ3v) is 2.55. The van der Waals surface area contributed by atoms with E-state index in [1.807, 2.05) is 26.0 Å². The minimum Gasteiger partial charge on any atom is -0.496 e. The van der Waals surface area contributed by atoms with Gasteiger partial charge in [0.15, 0.2) is 5.78 Å². The quantitative estimate of drug-likeness (QED) is 0.675. The first-order chi connectivity index (χ1) is 7.79. The van der Waals surface area contributed by atoms with Crippen LogP contribution in [-0.4, -0.2) is 12.9 Å². The number of allylic oxidation sites excluding steroid dienone is 1. The largest absolute Gasteiger partial charge is 0.496 e. The van der Waals surface area contributed by atoms with E-state index in [-0.39, 0.29) is 18.2 Å². The topological polar surface area (TPSA) is 52.3 Å². The molecule has 4 heteroatoms. The Bertz CT molecular complexity index is 461. The fourth-order valence-electron chi connectivity index (χ4n) is 1.67. The molecule has 1 aromatic carbocycles. The number of methoxy groups -OCH3 is 1. The Balaban J connectivity index is 0.00000289. The molecule has 0 saturated heterocycles. The Morgan fingerprint density at radius 3 is 2.33 bits per heavy atom. The summed E-state index contributed by atoms with van der Waals surface area (Å²) in [6, 6.07) is 5.40. The van der Waals surface area contributed by atoms with Gasteiger partial charge in [-0.15, -0.1) is 12.4 Å². The summed E-state index contributed by atoms with van der Waals surface area (Å²) < 4.78 is 5.33. The van der Waals surface area contributed by atoms with Gasteiger partial charge in [0.05, 0.1) is 12.7 Å². The van der Waals surface area contributed by atoms with Crippen LogP contribution in [0.5, 0.6) is 5.75 Å². The third kappa shape index (κ3) is 3.34. The van der Waals surface area contributed by atoms with Crippen molar-refractivity contribution in [3.8, 4) is 5.75 Å². The maximum atomic E-state index is 12.0. The molecule has 0 amide bonds. The van der Waals surface area contributed by atoms with Crippen LogP contribution in [0.1, 0.15) is 36.7 Å². The van der Waals surface area contributed by atoms with Crippen LogP contribution in [0.3, 0.4) is 0 Å². The molecule has 0 unspecified atom stereocenters. The van der Waals surface area contributed by atoms with Crippen LogP contribution in [0, 0.1) is 0 Å². The molecule has 1 rings (SSSR count). The first-order valence-electron chi connectivity index (χ1n) is 5.45. The maximum absolute atomic E-state index is 12.0. The van der Waals surface area contributed by atoms with Crippen molar-refractivity contribution in [2.45, 2.75) is 26.3 Å². The Morgan fingerprint density at radius 1 is 1.39 bits per heavy atom. The number of halogens is 1. The van der Waals surface area contributed by atoms with Gasteiger partial charge in [-0.1, -0.05) is 18.7 Å². The molecule has 2 N–H and O–H groups in total. The zero-order valence-corrected chi connectivity index (χ0v) is 12.1. The van der Waals surface area contributed by atoms with Crippen LogP contribution >= 0.6 is 12.4 Å². The summed E-state index contributed by atoms with van der Waals surface area (Å²) in [6.07, 6.45) is 0. The van der Waals surface area contributed by atoms with Gasteiger partial charge in [0.1, 0.15) is 5.75 Å². The second kappa shape index (κ2) is 6.03. The number of rotatable bonds is 4. The van der Waals surface area contributed by atoms with E-state index in [1.54, 1.807) is 20.1 Å². The third-order valence-electron chi connectivity index (χ3n) is 2.55. The molecule has 0 aliphatic rings. The van der Waals surface area contributed by atoms with Crippen LogP contribution in [-0.2, 0) is 5.54 Å². The molecule has 1 aromatic rings. The smallest absolute Gasteiger partial charge is 0.191 e. The normalized spacial score (nSPS) is 10.5. The number of ether oxygens (including phenoxy) is 1. The van der Waals surface area contributed by atoms with E-state index in [2.05, 4.69) is 6.58 Å². The first-order valence-corrected chi connectivity index (χ1v) is 5.45. The Morgan fingerprint density at radius 2 is 1.94 bits per heavy atom. The van der Waals surface area contributed by atoms with E-state index < -0.39 is 5.54 Å². The Kier molecular flexibility index (Phi) is 5.58. The summed E-state index contributed by atoms with van der Waals surface area (Å²) in [5.74, 6) is 0.418. The lowest BCUT2D eigenvalue weighted by molar-refractivity contribution is 0.103. The SMILES string of the molecule is C=C(C)C(=O)c1cccc(C(C)(C)N)c1OC.Cl. The average molecular weight is 270 g/mol. The minimum atomic E-state index is -0.559. The number of benzene rings is 1. The molecule has 0 bridgehead atoms. The van der Waals surface area contributed by atoms with Gasteiger partial charge >= 0.3 is 0 Å². The van der Waals surface area contributed by atoms with E-state index >= 15 is 0 Å². The molecular weight excluding hydrogens is 250 g/mol. The highest BCUT2D eigenvalue weighted by molar-refractivity contribution is 6.10. The predicted octanol–water partition coefficient (Wildman–Crippen LogP) is 3.07. The van der Waals surface area contributed by atoms with E-state index in [1.165, 1.54) is 0 Å². The summed E-state index contributed by atoms with van der Waals surface area (Å²) in [6.45, 7) is 9.09. The lowest BCUT2D eigenvalue weighted by Gasteiger charge is -2.23. The molecule has 0 radical (unpaired) electrons. The van der Waals surface area contributed by atoms with Gasteiger partial charge in [-0.3, -0.25) is 4.79 Å². The number of hydrogen-bond acceptors (Lipinski definition) is 3. The van der Waals surface area contributed by atoms with Crippen LogP contribution in [0.15, 0.2) is 30.4 Å². The summed E-state index contributed by atoms with van der Waals surface area (Å²) in [5, 5.41) is 0. The van der Waals surface area contributed by atoms with E-state index in [0.717, 1.165) is 5.56 Å². The fourth-order valence-corrected chi connectivity index (χ4v) is 1.67. The minimum absolute atomic E-state index is 0. The monoisotopic (exact) mass is 269 g/mol. The lowest BCUT2D eigenvalue weighted by atomic mass is 9.91. The molecule has 0 atom stereocenters. The first kappa shape index (κ1) is 16.7. The standard InChI is InChI=1S/C14H19NO2.ClH/c1-9(2)12(16)10-7-6-8-11(13(10)17-5)14(3,4)15;/h6-8H,1,15H2,2-5H3;1H. The van der Waals surface area contributed by atoms with Crippen molar-refractivity contribution >= 4 is 18.2 Å². The van der Waals surface area contributed by atoms with Gasteiger partial charge in [0.25, 0.3) is 0 Å². The highest BCUT2D eigenvalue weighted by Crippen LogP contribution is 2.32. The van der Waals surface area contributed by atoms with Gasteiger partial charge in [0, 0.05) is 11.1 Å². The van der Waals surface area contributed by atoms with E-state index in [9.17, 15) is 4.79 Å². The highest BCUT2D eigenvalue weighted by Gasteiger charge is 2.23. The van der Waals surface area contributed by atoms with Crippen LogP contribution in [0.2, 0.25) is 0 Å². The van der Waals surface area contributed by atoms with Crippen LogP contribution in [0.25, 0.3) is 0 Å². The molecule has 0 heterocycles. The number of para-hydroxylation sites is 1. The van der Waals surface area contributed by atoms with Gasteiger partial charge in [-0.25, -0.2) is 0 Å². The summed E-state index contributed by atoms with van der Waals surface area (Å²) in [7, 11) is 1.54. The van der Waals surface area contributed by atoms with Crippen molar-refractivity contribution in [3.63, 3.8) is 0 Å². The van der Waals surface area contributed by atoms with Crippen molar-refractivity contribution in [3.05, 3.63) is 41.5 Å². The molecule has 0 aliphatic carbocycles. The second-order valence-electron chi connectivity index (χ2n) is 4.72.